The van der Waals surface area contributed by atoms with Crippen LogP contribution in [0.25, 0.3) is 0 Å². The fourth-order valence-electron chi connectivity index (χ4n) is 1.43. The molecule has 2 rings (SSSR count). The Hall–Kier alpha value is -2.02. The van der Waals surface area contributed by atoms with E-state index in [0.29, 0.717) is 24.4 Å². The van der Waals surface area contributed by atoms with Gasteiger partial charge in [-0.1, -0.05) is 21.0 Å². The minimum Gasteiger partial charge on any atom is -0.426 e. The molecule has 1 aromatic carbocycles. The van der Waals surface area contributed by atoms with Crippen molar-refractivity contribution in [2.75, 3.05) is 6.54 Å². The number of amides is 1. The third kappa shape index (κ3) is 4.58. The van der Waals surface area contributed by atoms with Crippen LogP contribution in [-0.2, 0) is 11.2 Å². The maximum atomic E-state index is 10.7. The van der Waals surface area contributed by atoms with Gasteiger partial charge in [0.25, 0.3) is 0 Å². The summed E-state index contributed by atoms with van der Waals surface area (Å²) < 4.78 is 6.36. The molecule has 0 radical (unpaired) electrons. The number of carbonyl (C=O) groups excluding carboxylic acids is 1. The van der Waals surface area contributed by atoms with Crippen LogP contribution in [0.2, 0.25) is 0 Å². The first kappa shape index (κ1) is 14.4. The Kier molecular flexibility index (Phi) is 5.00. The second kappa shape index (κ2) is 6.95. The number of halogens is 1. The molecule has 0 saturated carbocycles. The lowest BCUT2D eigenvalue weighted by molar-refractivity contribution is -0.118. The van der Waals surface area contributed by atoms with Gasteiger partial charge in [0.15, 0.2) is 0 Å². The van der Waals surface area contributed by atoms with Crippen molar-refractivity contribution in [2.45, 2.75) is 13.3 Å². The zero-order chi connectivity index (χ0) is 14.4. The van der Waals surface area contributed by atoms with E-state index in [2.05, 4.69) is 36.5 Å². The summed E-state index contributed by atoms with van der Waals surface area (Å²) in [6.07, 6.45) is 2.15. The van der Waals surface area contributed by atoms with Gasteiger partial charge in [-0.3, -0.25) is 4.79 Å². The number of hydrogen-bond donors (Lipinski definition) is 1. The smallest absolute Gasteiger partial charge is 0.341 e. The summed E-state index contributed by atoms with van der Waals surface area (Å²) in [6, 6.07) is 7.61. The zero-order valence-electron chi connectivity index (χ0n) is 10.8. The van der Waals surface area contributed by atoms with Crippen LogP contribution in [-0.4, -0.2) is 17.4 Å². The predicted molar refractivity (Wildman–Crippen MR) is 77.2 cm³/mol. The summed E-state index contributed by atoms with van der Waals surface area (Å²) in [4.78, 5) is 14.7. The second-order valence-corrected chi connectivity index (χ2v) is 4.93. The monoisotopic (exact) mass is 336 g/mol. The number of carbonyl (C=O) groups is 1. The van der Waals surface area contributed by atoms with Crippen molar-refractivity contribution >= 4 is 33.5 Å². The third-order valence-corrected chi connectivity index (χ3v) is 2.89. The summed E-state index contributed by atoms with van der Waals surface area (Å²) in [5.41, 5.74) is 0.714. The molecule has 7 heteroatoms. The normalized spacial score (nSPS) is 10.9. The third-order valence-electron chi connectivity index (χ3n) is 2.36. The van der Waals surface area contributed by atoms with Crippen molar-refractivity contribution in [2.24, 2.45) is 10.2 Å². The summed E-state index contributed by atoms with van der Waals surface area (Å²) >= 11 is 3.35. The largest absolute Gasteiger partial charge is 0.426 e. The van der Waals surface area contributed by atoms with Gasteiger partial charge in [-0.2, -0.15) is 4.98 Å². The van der Waals surface area contributed by atoms with Crippen molar-refractivity contribution in [3.05, 3.63) is 40.7 Å². The van der Waals surface area contributed by atoms with E-state index in [1.807, 2.05) is 24.3 Å². The molecule has 0 spiro atoms. The number of hydrogen-bond acceptors (Lipinski definition) is 5. The van der Waals surface area contributed by atoms with Gasteiger partial charge in [-0.15, -0.1) is 5.11 Å². The molecule has 0 bridgehead atoms. The van der Waals surface area contributed by atoms with Crippen molar-refractivity contribution in [3.63, 3.8) is 0 Å². The lowest BCUT2D eigenvalue weighted by atomic mass is 10.3. The maximum absolute atomic E-state index is 10.7. The van der Waals surface area contributed by atoms with Crippen LogP contribution in [0.5, 0.6) is 0 Å². The molecule has 1 amide bonds. The number of oxazole rings is 1. The van der Waals surface area contributed by atoms with Gasteiger partial charge < -0.3 is 9.73 Å². The van der Waals surface area contributed by atoms with Crippen molar-refractivity contribution in [1.29, 1.82) is 0 Å². The second-order valence-electron chi connectivity index (χ2n) is 4.02. The van der Waals surface area contributed by atoms with Crippen LogP contribution in [0, 0.1) is 0 Å². The molecule has 0 fully saturated rings. The first-order chi connectivity index (χ1) is 9.63. The van der Waals surface area contributed by atoms with Crippen LogP contribution in [0.1, 0.15) is 12.7 Å². The average molecular weight is 337 g/mol. The lowest BCUT2D eigenvalue weighted by Gasteiger charge is -1.97. The molecule has 20 heavy (non-hydrogen) atoms. The Morgan fingerprint density at radius 1 is 1.35 bits per heavy atom. The molecule has 0 aliphatic rings. The summed E-state index contributed by atoms with van der Waals surface area (Å²) in [7, 11) is 0. The maximum Gasteiger partial charge on any atom is 0.341 e. The molecular formula is C13H13BrN4O2. The molecule has 0 saturated heterocycles. The molecule has 1 N–H and O–H groups in total. The molecule has 1 heterocycles. The summed E-state index contributed by atoms with van der Waals surface area (Å²) in [5.74, 6) is 0.586. The molecule has 0 atom stereocenters. The molecular weight excluding hydrogens is 324 g/mol. The molecule has 0 unspecified atom stereocenters. The Bertz CT molecular complexity index is 607. The number of rotatable bonds is 5. The molecule has 1 aromatic heterocycles. The van der Waals surface area contributed by atoms with Crippen LogP contribution >= 0.6 is 15.9 Å². The Balaban J connectivity index is 1.92. The minimum absolute atomic E-state index is 0.0698. The van der Waals surface area contributed by atoms with E-state index < -0.39 is 0 Å². The molecule has 2 aromatic rings. The van der Waals surface area contributed by atoms with Crippen LogP contribution < -0.4 is 5.32 Å². The quantitative estimate of drug-likeness (QED) is 0.848. The summed E-state index contributed by atoms with van der Waals surface area (Å²) in [6.45, 7) is 1.98. The van der Waals surface area contributed by atoms with Crippen LogP contribution in [0.3, 0.4) is 0 Å². The predicted octanol–water partition coefficient (Wildman–Crippen LogP) is 3.53. The highest BCUT2D eigenvalue weighted by atomic mass is 79.9. The molecule has 104 valence electrons. The van der Waals surface area contributed by atoms with Gasteiger partial charge in [0, 0.05) is 24.4 Å². The van der Waals surface area contributed by atoms with Gasteiger partial charge in [-0.05, 0) is 24.3 Å². The van der Waals surface area contributed by atoms with Gasteiger partial charge in [0.1, 0.15) is 5.76 Å². The average Bonchev–Trinajstić information content (AvgIpc) is 2.86. The Morgan fingerprint density at radius 3 is 2.80 bits per heavy atom. The van der Waals surface area contributed by atoms with E-state index in [9.17, 15) is 4.79 Å². The topological polar surface area (TPSA) is 79.9 Å². The van der Waals surface area contributed by atoms with Crippen molar-refractivity contribution in [1.82, 2.24) is 10.3 Å². The number of benzene rings is 1. The van der Waals surface area contributed by atoms with Crippen LogP contribution in [0.4, 0.5) is 11.7 Å². The molecule has 0 aliphatic carbocycles. The van der Waals surface area contributed by atoms with E-state index in [1.54, 1.807) is 6.20 Å². The van der Waals surface area contributed by atoms with Gasteiger partial charge >= 0.3 is 6.01 Å². The molecule has 6 nitrogen and oxygen atoms in total. The number of aromatic nitrogens is 1. The number of nitrogens with zero attached hydrogens (tertiary/aromatic N) is 3. The first-order valence-electron chi connectivity index (χ1n) is 6.00. The van der Waals surface area contributed by atoms with Gasteiger partial charge in [-0.25, -0.2) is 0 Å². The van der Waals surface area contributed by atoms with Crippen molar-refractivity contribution in [3.8, 4) is 0 Å². The van der Waals surface area contributed by atoms with Crippen molar-refractivity contribution < 1.29 is 9.21 Å². The van der Waals surface area contributed by atoms with E-state index in [-0.39, 0.29) is 11.9 Å². The van der Waals surface area contributed by atoms with Crippen LogP contribution in [0.15, 0.2) is 49.6 Å². The fraction of sp³-hybridized carbons (Fsp3) is 0.231. The van der Waals surface area contributed by atoms with E-state index in [1.165, 1.54) is 6.92 Å². The van der Waals surface area contributed by atoms with E-state index in [0.717, 1.165) is 4.47 Å². The fourth-order valence-corrected chi connectivity index (χ4v) is 1.69. The van der Waals surface area contributed by atoms with Gasteiger partial charge in [0.2, 0.25) is 5.91 Å². The summed E-state index contributed by atoms with van der Waals surface area (Å²) in [5, 5.41) is 10.6. The highest BCUT2D eigenvalue weighted by Gasteiger charge is 2.03. The Labute approximate surface area is 124 Å². The van der Waals surface area contributed by atoms with E-state index in [4.69, 9.17) is 4.42 Å². The minimum atomic E-state index is -0.0698. The lowest BCUT2D eigenvalue weighted by Crippen LogP contribution is -2.22. The highest BCUT2D eigenvalue weighted by Crippen LogP contribution is 2.20. The van der Waals surface area contributed by atoms with E-state index >= 15 is 0 Å². The zero-order valence-corrected chi connectivity index (χ0v) is 12.4. The first-order valence-corrected chi connectivity index (χ1v) is 6.79. The highest BCUT2D eigenvalue weighted by molar-refractivity contribution is 9.10. The Morgan fingerprint density at radius 2 is 2.10 bits per heavy atom. The standard InChI is InChI=1S/C13H13BrN4O2/c1-9(19)15-7-6-12-8-16-13(20-12)18-17-11-4-2-10(14)3-5-11/h2-5,8H,6-7H2,1H3,(H,15,19). The molecule has 0 aliphatic heterocycles. The number of nitrogens with one attached hydrogen (secondary N) is 1. The SMILES string of the molecule is CC(=O)NCCc1cnc(N=Nc2ccc(Br)cc2)o1. The number of azo groups is 1. The van der Waals surface area contributed by atoms with Gasteiger partial charge in [0.05, 0.1) is 11.9 Å².